The van der Waals surface area contributed by atoms with Crippen molar-refractivity contribution in [2.45, 2.75) is 141 Å². The molecule has 3 saturated heterocycles. The Morgan fingerprint density at radius 2 is 1.69 bits per heavy atom. The van der Waals surface area contributed by atoms with Gasteiger partial charge in [0.15, 0.2) is 23.8 Å². The highest BCUT2D eigenvalue weighted by Gasteiger charge is 2.63. The molecular formula is C50H69N5O12. The molecular weight excluding hydrogens is 863 g/mol. The standard InChI is InChI=1S/C50H69N5O12/c1-11-39-50(28-56)43(55(48(61)67-50)23-16-15-22-54-27-37(52-29-54)36-20-17-21-51-26-36)32(4)40(57)30(2)25-49(7,62-10)44(33(5)41(58)34(6)45(59)64-39)66-47-42(38(53(8)9)24-31(3)63-47)65-46(60)35-18-13-12-14-19-35/h12-14,17-21,26-27,29-34,38-39,42-44,47,56H,11,15-16,22-25,28H2,1-10H3/t30-,31-,32+,33+,34-,38+,39-,42-,43-,44-,47?,49+,50-/m1/s1. The van der Waals surface area contributed by atoms with Gasteiger partial charge >= 0.3 is 18.0 Å². The van der Waals surface area contributed by atoms with E-state index in [1.807, 2.05) is 48.8 Å². The summed E-state index contributed by atoms with van der Waals surface area (Å²) in [6, 6.07) is 10.9. The molecule has 366 valence electrons. The van der Waals surface area contributed by atoms with E-state index in [-0.39, 0.29) is 37.3 Å². The number of fused-ring (bicyclic) bond motifs is 1. The number of aromatic nitrogens is 3. The number of carbonyl (C=O) groups excluding carboxylic acids is 5. The minimum absolute atomic E-state index is 0.0262. The molecule has 3 aromatic rings. The molecule has 3 fully saturated rings. The maximum absolute atomic E-state index is 15.0. The van der Waals surface area contributed by atoms with Crippen molar-refractivity contribution in [3.8, 4) is 11.3 Å². The number of aliphatic hydroxyl groups excluding tert-OH is 1. The summed E-state index contributed by atoms with van der Waals surface area (Å²) in [6.45, 7) is 11.9. The number of methoxy groups -OCH3 is 1. The van der Waals surface area contributed by atoms with Gasteiger partial charge in [0.05, 0.1) is 54.1 Å². The highest BCUT2D eigenvalue weighted by molar-refractivity contribution is 6.00. The number of nitrogens with zero attached hydrogens (tertiary/aromatic N) is 5. The van der Waals surface area contributed by atoms with Crippen molar-refractivity contribution in [1.82, 2.24) is 24.3 Å². The first-order valence-electron chi connectivity index (χ1n) is 23.5. The number of hydrogen-bond acceptors (Lipinski definition) is 15. The van der Waals surface area contributed by atoms with Crippen LogP contribution in [-0.4, -0.2) is 147 Å². The van der Waals surface area contributed by atoms with Gasteiger partial charge in [-0.2, -0.15) is 0 Å². The zero-order chi connectivity index (χ0) is 48.8. The molecule has 0 radical (unpaired) electrons. The Hall–Kier alpha value is -5.07. The normalized spacial score (nSPS) is 33.2. The summed E-state index contributed by atoms with van der Waals surface area (Å²) < 4.78 is 40.0. The Balaban J connectivity index is 1.31. The summed E-state index contributed by atoms with van der Waals surface area (Å²) in [5, 5.41) is 11.3. The maximum Gasteiger partial charge on any atom is 0.411 e. The van der Waals surface area contributed by atoms with E-state index in [0.29, 0.717) is 31.4 Å². The number of benzene rings is 1. The molecule has 1 aromatic carbocycles. The molecule has 5 heterocycles. The van der Waals surface area contributed by atoms with Crippen LogP contribution in [0.4, 0.5) is 4.79 Å². The zero-order valence-electron chi connectivity index (χ0n) is 40.5. The Morgan fingerprint density at radius 3 is 2.33 bits per heavy atom. The lowest BCUT2D eigenvalue weighted by Gasteiger charge is -2.48. The van der Waals surface area contributed by atoms with Crippen molar-refractivity contribution < 1.29 is 57.5 Å². The Kier molecular flexibility index (Phi) is 16.8. The van der Waals surface area contributed by atoms with Crippen molar-refractivity contribution in [2.75, 3.05) is 34.4 Å². The summed E-state index contributed by atoms with van der Waals surface area (Å²) in [5.41, 5.74) is -1.23. The topological polar surface area (TPSA) is 198 Å². The van der Waals surface area contributed by atoms with Gasteiger partial charge in [0.25, 0.3) is 0 Å². The number of amides is 1. The van der Waals surface area contributed by atoms with Crippen LogP contribution in [0.15, 0.2) is 67.4 Å². The average Bonchev–Trinajstić information content (AvgIpc) is 3.92. The molecule has 0 aliphatic carbocycles. The smallest absolute Gasteiger partial charge is 0.411 e. The number of likely N-dealkylation sites (N-methyl/N-ethyl adjacent to an activating group) is 1. The first kappa shape index (κ1) is 51.3. The van der Waals surface area contributed by atoms with Crippen LogP contribution in [0.2, 0.25) is 0 Å². The van der Waals surface area contributed by atoms with Crippen molar-refractivity contribution in [3.05, 3.63) is 72.9 Å². The van der Waals surface area contributed by atoms with Crippen LogP contribution < -0.4 is 0 Å². The van der Waals surface area contributed by atoms with Gasteiger partial charge in [0.2, 0.25) is 0 Å². The molecule has 13 atom stereocenters. The van der Waals surface area contributed by atoms with Crippen LogP contribution in [-0.2, 0) is 49.3 Å². The van der Waals surface area contributed by atoms with Crippen molar-refractivity contribution in [1.29, 1.82) is 0 Å². The van der Waals surface area contributed by atoms with Gasteiger partial charge < -0.3 is 47.9 Å². The number of carbonyl (C=O) groups is 5. The summed E-state index contributed by atoms with van der Waals surface area (Å²) in [7, 11) is 5.21. The van der Waals surface area contributed by atoms with Gasteiger partial charge in [-0.1, -0.05) is 45.9 Å². The molecule has 1 amide bonds. The number of aryl methyl sites for hydroxylation is 1. The number of aliphatic hydroxyl groups is 1. The maximum atomic E-state index is 15.0. The molecule has 17 nitrogen and oxygen atoms in total. The van der Waals surface area contributed by atoms with Crippen LogP contribution >= 0.6 is 0 Å². The monoisotopic (exact) mass is 931 g/mol. The van der Waals surface area contributed by atoms with Gasteiger partial charge in [-0.15, -0.1) is 0 Å². The van der Waals surface area contributed by atoms with E-state index < -0.39 is 95.9 Å². The third-order valence-electron chi connectivity index (χ3n) is 14.1. The minimum Gasteiger partial charge on any atom is -0.457 e. The van der Waals surface area contributed by atoms with E-state index in [0.717, 1.165) is 11.3 Å². The predicted octanol–water partition coefficient (Wildman–Crippen LogP) is 5.77. The second kappa shape index (κ2) is 21.9. The number of imidazole rings is 1. The van der Waals surface area contributed by atoms with Gasteiger partial charge in [-0.05, 0) is 91.2 Å². The average molecular weight is 932 g/mol. The Labute approximate surface area is 393 Å². The first-order chi connectivity index (χ1) is 31.9. The van der Waals surface area contributed by atoms with Crippen LogP contribution in [0.1, 0.15) is 90.9 Å². The largest absolute Gasteiger partial charge is 0.457 e. The summed E-state index contributed by atoms with van der Waals surface area (Å²) in [4.78, 5) is 83.6. The molecule has 1 unspecified atom stereocenters. The lowest BCUT2D eigenvalue weighted by atomic mass is 9.73. The van der Waals surface area contributed by atoms with Crippen molar-refractivity contribution in [2.24, 2.45) is 23.7 Å². The molecule has 2 aromatic heterocycles. The SMILES string of the molecule is CC[C@H]1OC(=O)[C@H](C)C(=O)[C@H](C)[C@@H](OC2O[C@H](C)C[C@H](N(C)C)[C@H]2OC(=O)c2ccccc2)[C@@](C)(OC)C[C@@H](C)C(=O)[C@H](C)[C@H]2N(CCCCn3cnc(-c4cccnc4)c3)C(=O)O[C@]12CO. The van der Waals surface area contributed by atoms with Gasteiger partial charge in [-0.3, -0.25) is 19.4 Å². The van der Waals surface area contributed by atoms with E-state index >= 15 is 0 Å². The van der Waals surface area contributed by atoms with E-state index in [2.05, 4.69) is 9.97 Å². The lowest BCUT2D eigenvalue weighted by molar-refractivity contribution is -0.294. The number of esters is 2. The molecule has 0 bridgehead atoms. The first-order valence-corrected chi connectivity index (χ1v) is 23.5. The molecule has 0 saturated carbocycles. The van der Waals surface area contributed by atoms with Gasteiger partial charge in [0, 0.05) is 62.1 Å². The fraction of sp³-hybridized carbons (Fsp3) is 0.620. The molecule has 0 spiro atoms. The third kappa shape index (κ3) is 11.0. The fourth-order valence-corrected chi connectivity index (χ4v) is 10.3. The number of unbranched alkanes of at least 4 members (excludes halogenated alkanes) is 1. The minimum atomic E-state index is -1.84. The second-order valence-corrected chi connectivity index (χ2v) is 19.0. The number of pyridine rings is 1. The van der Waals surface area contributed by atoms with E-state index in [1.54, 1.807) is 83.7 Å². The number of Topliss-reactive ketones (excluding diaryl/α,β-unsaturated/α-hetero) is 2. The Bertz CT molecular complexity index is 2170. The van der Waals surface area contributed by atoms with Gasteiger partial charge in [0.1, 0.15) is 17.8 Å². The number of ether oxygens (including phenoxy) is 6. The summed E-state index contributed by atoms with van der Waals surface area (Å²) in [6.07, 6.45) is 3.20. The Morgan fingerprint density at radius 1 is 0.970 bits per heavy atom. The van der Waals surface area contributed by atoms with Crippen molar-refractivity contribution in [3.63, 3.8) is 0 Å². The second-order valence-electron chi connectivity index (χ2n) is 19.0. The molecule has 67 heavy (non-hydrogen) atoms. The van der Waals surface area contributed by atoms with Crippen molar-refractivity contribution >= 4 is 29.6 Å². The summed E-state index contributed by atoms with van der Waals surface area (Å²) >= 11 is 0. The van der Waals surface area contributed by atoms with E-state index in [1.165, 1.54) is 18.9 Å². The summed E-state index contributed by atoms with van der Waals surface area (Å²) in [5.74, 6) is -6.44. The highest BCUT2D eigenvalue weighted by Crippen LogP contribution is 2.43. The van der Waals surface area contributed by atoms with Crippen LogP contribution in [0.3, 0.4) is 0 Å². The molecule has 3 aliphatic rings. The number of hydrogen-bond donors (Lipinski definition) is 1. The highest BCUT2D eigenvalue weighted by atomic mass is 16.7. The van der Waals surface area contributed by atoms with E-state index in [9.17, 15) is 29.1 Å². The fourth-order valence-electron chi connectivity index (χ4n) is 10.3. The lowest BCUT2D eigenvalue weighted by Crippen LogP contribution is -2.62. The van der Waals surface area contributed by atoms with Gasteiger partial charge in [-0.25, -0.2) is 14.6 Å². The van der Waals surface area contributed by atoms with Crippen LogP contribution in [0, 0.1) is 23.7 Å². The zero-order valence-corrected chi connectivity index (χ0v) is 40.5. The molecule has 17 heteroatoms. The molecule has 1 N–H and O–H groups in total. The number of cyclic esters (lactones) is 1. The van der Waals surface area contributed by atoms with Crippen LogP contribution in [0.5, 0.6) is 0 Å². The number of ketones is 2. The van der Waals surface area contributed by atoms with E-state index in [4.69, 9.17) is 28.4 Å². The third-order valence-corrected chi connectivity index (χ3v) is 14.1. The molecule has 3 aliphatic heterocycles. The quantitative estimate of drug-likeness (QED) is 0.0885. The molecule has 6 rings (SSSR count). The number of rotatable bonds is 14. The predicted molar refractivity (Wildman–Crippen MR) is 245 cm³/mol. The van der Waals surface area contributed by atoms with Crippen LogP contribution in [0.25, 0.3) is 11.3 Å².